The minimum atomic E-state index is -0.269. The van der Waals surface area contributed by atoms with Gasteiger partial charge in [0, 0.05) is 40.3 Å². The fourth-order valence-corrected chi connectivity index (χ4v) is 3.28. The maximum absolute atomic E-state index is 13.3. The fourth-order valence-electron chi connectivity index (χ4n) is 3.28. The second-order valence-electron chi connectivity index (χ2n) is 6.34. The number of amides is 1. The van der Waals surface area contributed by atoms with E-state index in [1.165, 1.54) is 12.1 Å². The molecule has 4 rings (SSSR count). The minimum absolute atomic E-state index is 0.0318. The second-order valence-corrected chi connectivity index (χ2v) is 6.34. The summed E-state index contributed by atoms with van der Waals surface area (Å²) in [6, 6.07) is 8.39. The van der Waals surface area contributed by atoms with Gasteiger partial charge in [0.1, 0.15) is 11.6 Å². The monoisotopic (exact) mass is 338 g/mol. The van der Waals surface area contributed by atoms with Crippen LogP contribution in [0.1, 0.15) is 12.8 Å². The average Bonchev–Trinajstić information content (AvgIpc) is 3.06. The maximum Gasteiger partial charge on any atom is 0.228 e. The summed E-state index contributed by atoms with van der Waals surface area (Å²) in [5.41, 5.74) is 2.62. The van der Waals surface area contributed by atoms with E-state index in [1.807, 2.05) is 12.3 Å². The lowest BCUT2D eigenvalue weighted by molar-refractivity contribution is -0.120. The van der Waals surface area contributed by atoms with Gasteiger partial charge in [0.25, 0.3) is 0 Å². The van der Waals surface area contributed by atoms with Crippen LogP contribution in [0.3, 0.4) is 0 Å². The molecule has 1 fully saturated rings. The molecule has 128 valence electrons. The highest BCUT2D eigenvalue weighted by Crippen LogP contribution is 2.29. The Bertz CT molecular complexity index is 897. The molecule has 2 aromatic heterocycles. The van der Waals surface area contributed by atoms with Crippen molar-refractivity contribution in [1.82, 2.24) is 15.3 Å². The quantitative estimate of drug-likeness (QED) is 0.686. The molecular formula is C19H19FN4O. The van der Waals surface area contributed by atoms with Gasteiger partial charge in [0.05, 0.1) is 0 Å². The Morgan fingerprint density at radius 1 is 1.20 bits per heavy atom. The summed E-state index contributed by atoms with van der Waals surface area (Å²) < 4.78 is 13.3. The summed E-state index contributed by atoms with van der Waals surface area (Å²) in [5, 5.41) is 7.09. The molecule has 0 aliphatic carbocycles. The van der Waals surface area contributed by atoms with Gasteiger partial charge < -0.3 is 15.6 Å². The number of aromatic nitrogens is 2. The molecule has 3 heterocycles. The van der Waals surface area contributed by atoms with Gasteiger partial charge >= 0.3 is 0 Å². The summed E-state index contributed by atoms with van der Waals surface area (Å²) in [5.74, 6) is 0.365. The first-order valence-electron chi connectivity index (χ1n) is 8.45. The number of fused-ring (bicyclic) bond motifs is 1. The van der Waals surface area contributed by atoms with Crippen molar-refractivity contribution in [3.63, 3.8) is 0 Å². The number of hydrogen-bond donors (Lipinski definition) is 3. The number of nitrogens with zero attached hydrogens (tertiary/aromatic N) is 1. The number of benzene rings is 1. The number of H-pyrrole nitrogens is 1. The Balaban J connectivity index is 1.52. The number of hydrogen-bond acceptors (Lipinski definition) is 3. The van der Waals surface area contributed by atoms with Crippen molar-refractivity contribution < 1.29 is 9.18 Å². The third-order valence-corrected chi connectivity index (χ3v) is 4.68. The number of anilines is 1. The van der Waals surface area contributed by atoms with Crippen LogP contribution in [0.2, 0.25) is 0 Å². The Labute approximate surface area is 144 Å². The Hall–Kier alpha value is -2.73. The lowest BCUT2D eigenvalue weighted by atomic mass is 9.97. The van der Waals surface area contributed by atoms with Crippen LogP contribution in [-0.2, 0) is 4.79 Å². The van der Waals surface area contributed by atoms with Crippen LogP contribution in [-0.4, -0.2) is 29.0 Å². The highest BCUT2D eigenvalue weighted by molar-refractivity contribution is 5.96. The largest absolute Gasteiger partial charge is 0.360 e. The van der Waals surface area contributed by atoms with Crippen molar-refractivity contribution in [2.45, 2.75) is 12.8 Å². The van der Waals surface area contributed by atoms with Crippen molar-refractivity contribution >= 4 is 22.6 Å². The molecule has 0 spiro atoms. The number of pyridine rings is 1. The Morgan fingerprint density at radius 2 is 2.04 bits per heavy atom. The van der Waals surface area contributed by atoms with E-state index in [0.29, 0.717) is 5.82 Å². The summed E-state index contributed by atoms with van der Waals surface area (Å²) in [6.07, 6.45) is 5.28. The molecule has 3 N–H and O–H groups in total. The standard InChI is InChI=1S/C19H19FN4O/c20-14-2-3-15-16(11-22-17(15)9-14)13-1-4-18(23-10-13)24-19(25)12-5-7-21-8-6-12/h1-4,9-12,21-22H,5-8H2,(H,23,24,25). The number of rotatable bonds is 3. The molecule has 0 saturated carbocycles. The molecule has 1 aromatic carbocycles. The van der Waals surface area contributed by atoms with Gasteiger partial charge in [-0.05, 0) is 56.3 Å². The van der Waals surface area contributed by atoms with Gasteiger partial charge in [-0.15, -0.1) is 0 Å². The summed E-state index contributed by atoms with van der Waals surface area (Å²) in [7, 11) is 0. The minimum Gasteiger partial charge on any atom is -0.360 e. The normalized spacial score (nSPS) is 15.4. The van der Waals surface area contributed by atoms with Crippen LogP contribution >= 0.6 is 0 Å². The van der Waals surface area contributed by atoms with Crippen molar-refractivity contribution in [1.29, 1.82) is 0 Å². The summed E-state index contributed by atoms with van der Waals surface area (Å²) >= 11 is 0. The second kappa shape index (κ2) is 6.64. The smallest absolute Gasteiger partial charge is 0.228 e. The van der Waals surface area contributed by atoms with Crippen molar-refractivity contribution in [3.8, 4) is 11.1 Å². The Kier molecular flexibility index (Phi) is 4.19. The number of piperidine rings is 1. The van der Waals surface area contributed by atoms with Gasteiger partial charge in [0.2, 0.25) is 5.91 Å². The van der Waals surface area contributed by atoms with Crippen LogP contribution in [0.4, 0.5) is 10.2 Å². The molecular weight excluding hydrogens is 319 g/mol. The third kappa shape index (κ3) is 3.25. The van der Waals surface area contributed by atoms with Gasteiger partial charge in [-0.1, -0.05) is 0 Å². The van der Waals surface area contributed by atoms with Gasteiger partial charge in [-0.2, -0.15) is 0 Å². The highest BCUT2D eigenvalue weighted by atomic mass is 19.1. The molecule has 0 atom stereocenters. The van der Waals surface area contributed by atoms with Crippen molar-refractivity contribution in [3.05, 3.63) is 48.5 Å². The zero-order valence-corrected chi connectivity index (χ0v) is 13.7. The molecule has 1 saturated heterocycles. The summed E-state index contributed by atoms with van der Waals surface area (Å²) in [4.78, 5) is 19.7. The third-order valence-electron chi connectivity index (χ3n) is 4.68. The first-order valence-corrected chi connectivity index (χ1v) is 8.45. The lowest BCUT2D eigenvalue weighted by Crippen LogP contribution is -2.34. The number of carbonyl (C=O) groups excluding carboxylic acids is 1. The van der Waals surface area contributed by atoms with Crippen molar-refractivity contribution in [2.24, 2.45) is 5.92 Å². The van der Waals surface area contributed by atoms with Crippen LogP contribution in [0.25, 0.3) is 22.0 Å². The van der Waals surface area contributed by atoms with Gasteiger partial charge in [-0.3, -0.25) is 4.79 Å². The number of nitrogens with one attached hydrogen (secondary N) is 3. The van der Waals surface area contributed by atoms with E-state index in [0.717, 1.165) is 48.0 Å². The molecule has 1 aliphatic heterocycles. The maximum atomic E-state index is 13.3. The predicted molar refractivity (Wildman–Crippen MR) is 95.7 cm³/mol. The van der Waals surface area contributed by atoms with E-state index in [2.05, 4.69) is 20.6 Å². The van der Waals surface area contributed by atoms with E-state index in [4.69, 9.17) is 0 Å². The SMILES string of the molecule is O=C(Nc1ccc(-c2c[nH]c3cc(F)ccc23)cn1)C1CCNCC1. The van der Waals surface area contributed by atoms with E-state index >= 15 is 0 Å². The van der Waals surface area contributed by atoms with E-state index in [9.17, 15) is 9.18 Å². The lowest BCUT2D eigenvalue weighted by Gasteiger charge is -2.21. The Morgan fingerprint density at radius 3 is 2.80 bits per heavy atom. The molecule has 0 unspecified atom stereocenters. The average molecular weight is 338 g/mol. The fraction of sp³-hybridized carbons (Fsp3) is 0.263. The molecule has 0 bridgehead atoms. The highest BCUT2D eigenvalue weighted by Gasteiger charge is 2.21. The van der Waals surface area contributed by atoms with Crippen LogP contribution in [0.5, 0.6) is 0 Å². The number of halogens is 1. The van der Waals surface area contributed by atoms with Gasteiger partial charge in [-0.25, -0.2) is 9.37 Å². The van der Waals surface area contributed by atoms with E-state index in [-0.39, 0.29) is 17.6 Å². The molecule has 5 nitrogen and oxygen atoms in total. The summed E-state index contributed by atoms with van der Waals surface area (Å²) in [6.45, 7) is 1.76. The molecule has 25 heavy (non-hydrogen) atoms. The molecule has 1 aliphatic rings. The molecule has 6 heteroatoms. The van der Waals surface area contributed by atoms with Crippen LogP contribution < -0.4 is 10.6 Å². The molecule has 0 radical (unpaired) electrons. The van der Waals surface area contributed by atoms with Gasteiger partial charge in [0.15, 0.2) is 0 Å². The first-order chi connectivity index (χ1) is 12.2. The number of carbonyl (C=O) groups is 1. The van der Waals surface area contributed by atoms with Crippen molar-refractivity contribution in [2.75, 3.05) is 18.4 Å². The predicted octanol–water partition coefficient (Wildman–Crippen LogP) is 3.31. The molecule has 3 aromatic rings. The molecule has 1 amide bonds. The van der Waals surface area contributed by atoms with Crippen LogP contribution in [0, 0.1) is 11.7 Å². The van der Waals surface area contributed by atoms with Crippen LogP contribution in [0.15, 0.2) is 42.7 Å². The zero-order chi connectivity index (χ0) is 17.2. The first kappa shape index (κ1) is 15.8. The topological polar surface area (TPSA) is 69.8 Å². The zero-order valence-electron chi connectivity index (χ0n) is 13.7. The van der Waals surface area contributed by atoms with E-state index < -0.39 is 0 Å². The number of aromatic amines is 1. The van der Waals surface area contributed by atoms with E-state index in [1.54, 1.807) is 18.3 Å².